The summed E-state index contributed by atoms with van der Waals surface area (Å²) in [7, 11) is 2.03. The molecule has 0 radical (unpaired) electrons. The monoisotopic (exact) mass is 303 g/mol. The third-order valence-corrected chi connectivity index (χ3v) is 3.98. The minimum Gasteiger partial charge on any atom is -0.373 e. The van der Waals surface area contributed by atoms with E-state index in [9.17, 15) is 10.1 Å². The van der Waals surface area contributed by atoms with Crippen LogP contribution < -0.4 is 10.3 Å². The number of hydrogen-bond acceptors (Lipinski definition) is 3. The van der Waals surface area contributed by atoms with Crippen molar-refractivity contribution in [1.29, 1.82) is 5.26 Å². The van der Waals surface area contributed by atoms with Gasteiger partial charge in [0.25, 0.3) is 0 Å². The Hall–Kier alpha value is -3.06. The molecule has 0 atom stereocenters. The molecule has 0 saturated carbocycles. The number of nitriles is 1. The Bertz CT molecular complexity index is 923. The normalized spacial score (nSPS) is 10.4. The van der Waals surface area contributed by atoms with E-state index in [4.69, 9.17) is 0 Å². The smallest absolute Gasteiger partial charge is 0.207 e. The zero-order chi connectivity index (χ0) is 16.2. The number of benzene rings is 2. The van der Waals surface area contributed by atoms with E-state index in [0.29, 0.717) is 11.9 Å². The molecule has 3 aromatic rings. The van der Waals surface area contributed by atoms with Crippen LogP contribution in [0.1, 0.15) is 5.56 Å². The highest BCUT2D eigenvalue weighted by atomic mass is 16.1. The van der Waals surface area contributed by atoms with Gasteiger partial charge >= 0.3 is 0 Å². The average Bonchev–Trinajstić information content (AvgIpc) is 2.62. The first-order valence-corrected chi connectivity index (χ1v) is 7.49. The van der Waals surface area contributed by atoms with Gasteiger partial charge in [0.2, 0.25) is 5.43 Å². The van der Waals surface area contributed by atoms with Crippen LogP contribution >= 0.6 is 0 Å². The molecule has 23 heavy (non-hydrogen) atoms. The van der Waals surface area contributed by atoms with Gasteiger partial charge in [-0.3, -0.25) is 4.79 Å². The first-order chi connectivity index (χ1) is 11.2. The summed E-state index contributed by atoms with van der Waals surface area (Å²) in [5, 5.41) is 9.78. The Morgan fingerprint density at radius 1 is 1.09 bits per heavy atom. The second kappa shape index (κ2) is 6.37. The van der Waals surface area contributed by atoms with Crippen molar-refractivity contribution in [2.75, 3.05) is 18.5 Å². The molecule has 4 heteroatoms. The van der Waals surface area contributed by atoms with Crippen molar-refractivity contribution in [2.45, 2.75) is 6.54 Å². The van der Waals surface area contributed by atoms with Gasteiger partial charge in [0.1, 0.15) is 11.6 Å². The van der Waals surface area contributed by atoms with Crippen molar-refractivity contribution in [3.05, 3.63) is 76.6 Å². The van der Waals surface area contributed by atoms with Gasteiger partial charge in [-0.2, -0.15) is 5.26 Å². The number of aromatic nitrogens is 1. The molecule has 0 saturated heterocycles. The zero-order valence-electron chi connectivity index (χ0n) is 12.9. The van der Waals surface area contributed by atoms with E-state index >= 15 is 0 Å². The van der Waals surface area contributed by atoms with Crippen LogP contribution in [0.2, 0.25) is 0 Å². The van der Waals surface area contributed by atoms with Crippen molar-refractivity contribution in [2.24, 2.45) is 0 Å². The molecule has 0 aliphatic heterocycles. The Balaban J connectivity index is 1.93. The van der Waals surface area contributed by atoms with Crippen LogP contribution in [0.25, 0.3) is 10.9 Å². The van der Waals surface area contributed by atoms with E-state index in [1.54, 1.807) is 12.3 Å². The molecule has 3 rings (SSSR count). The molecule has 0 amide bonds. The summed E-state index contributed by atoms with van der Waals surface area (Å²) in [5.41, 5.74) is 1.98. The summed E-state index contributed by atoms with van der Waals surface area (Å²) in [6, 6.07) is 19.6. The van der Waals surface area contributed by atoms with Crippen LogP contribution in [0.5, 0.6) is 0 Å². The van der Waals surface area contributed by atoms with E-state index in [-0.39, 0.29) is 11.0 Å². The van der Waals surface area contributed by atoms with Gasteiger partial charge in [-0.05, 0) is 24.3 Å². The molecule has 1 heterocycles. The highest BCUT2D eigenvalue weighted by molar-refractivity contribution is 5.80. The van der Waals surface area contributed by atoms with Crippen molar-refractivity contribution in [1.82, 2.24) is 4.57 Å². The van der Waals surface area contributed by atoms with Crippen molar-refractivity contribution in [3.8, 4) is 6.07 Å². The molecule has 0 fully saturated rings. The van der Waals surface area contributed by atoms with Gasteiger partial charge < -0.3 is 9.47 Å². The van der Waals surface area contributed by atoms with E-state index < -0.39 is 0 Å². The second-order valence-electron chi connectivity index (χ2n) is 5.45. The fourth-order valence-corrected chi connectivity index (χ4v) is 2.68. The van der Waals surface area contributed by atoms with E-state index in [2.05, 4.69) is 17.0 Å². The summed E-state index contributed by atoms with van der Waals surface area (Å²) in [6.07, 6.45) is 1.66. The van der Waals surface area contributed by atoms with E-state index in [0.717, 1.165) is 17.7 Å². The first-order valence-electron chi connectivity index (χ1n) is 7.49. The standard InChI is InChI=1S/C19H17N3O/c1-21(16-7-3-2-4-8-16)11-12-22-14-15(13-20)19(23)17-9-5-6-10-18(17)22/h2-10,14H,11-12H2,1H3. The number of nitrogens with zero attached hydrogens (tertiary/aromatic N) is 3. The summed E-state index contributed by atoms with van der Waals surface area (Å²) in [6.45, 7) is 1.47. The maximum Gasteiger partial charge on any atom is 0.207 e. The molecule has 114 valence electrons. The van der Waals surface area contributed by atoms with Crippen LogP contribution in [0.15, 0.2) is 65.6 Å². The van der Waals surface area contributed by atoms with Gasteiger partial charge in [-0.1, -0.05) is 30.3 Å². The largest absolute Gasteiger partial charge is 0.373 e. The molecule has 0 aliphatic rings. The Kier molecular flexibility index (Phi) is 4.11. The topological polar surface area (TPSA) is 49.0 Å². The maximum absolute atomic E-state index is 12.2. The van der Waals surface area contributed by atoms with Gasteiger partial charge in [-0.15, -0.1) is 0 Å². The number of rotatable bonds is 4. The van der Waals surface area contributed by atoms with Crippen LogP contribution in [0, 0.1) is 11.3 Å². The third kappa shape index (κ3) is 2.95. The molecule has 0 aliphatic carbocycles. The maximum atomic E-state index is 12.2. The fraction of sp³-hybridized carbons (Fsp3) is 0.158. The summed E-state index contributed by atoms with van der Waals surface area (Å²) in [5.74, 6) is 0. The molecular formula is C19H17N3O. The quantitative estimate of drug-likeness (QED) is 0.744. The SMILES string of the molecule is CN(CCn1cc(C#N)c(=O)c2ccccc21)c1ccccc1. The highest BCUT2D eigenvalue weighted by Crippen LogP contribution is 2.14. The molecule has 0 spiro atoms. The fourth-order valence-electron chi connectivity index (χ4n) is 2.68. The predicted molar refractivity (Wildman–Crippen MR) is 92.6 cm³/mol. The summed E-state index contributed by atoms with van der Waals surface area (Å²) < 4.78 is 1.98. The lowest BCUT2D eigenvalue weighted by Gasteiger charge is -2.21. The number of hydrogen-bond donors (Lipinski definition) is 0. The molecule has 0 unspecified atom stereocenters. The summed E-state index contributed by atoms with van der Waals surface area (Å²) in [4.78, 5) is 14.4. The molecule has 0 bridgehead atoms. The number of likely N-dealkylation sites (N-methyl/N-ethyl adjacent to an activating group) is 1. The highest BCUT2D eigenvalue weighted by Gasteiger charge is 2.09. The van der Waals surface area contributed by atoms with Crippen LogP contribution in [0.4, 0.5) is 5.69 Å². The minimum atomic E-state index is -0.198. The van der Waals surface area contributed by atoms with E-state index in [1.165, 1.54) is 0 Å². The zero-order valence-corrected chi connectivity index (χ0v) is 12.9. The van der Waals surface area contributed by atoms with Crippen LogP contribution in [-0.2, 0) is 6.54 Å². The van der Waals surface area contributed by atoms with Crippen LogP contribution in [0.3, 0.4) is 0 Å². The van der Waals surface area contributed by atoms with Gasteiger partial charge in [0.15, 0.2) is 0 Å². The van der Waals surface area contributed by atoms with Gasteiger partial charge in [0, 0.05) is 37.4 Å². The van der Waals surface area contributed by atoms with Gasteiger partial charge in [-0.25, -0.2) is 0 Å². The first kappa shape index (κ1) is 14.9. The second-order valence-corrected chi connectivity index (χ2v) is 5.45. The third-order valence-electron chi connectivity index (χ3n) is 3.98. The number of para-hydroxylation sites is 2. The van der Waals surface area contributed by atoms with Crippen molar-refractivity contribution < 1.29 is 0 Å². The lowest BCUT2D eigenvalue weighted by atomic mass is 10.1. The number of fused-ring (bicyclic) bond motifs is 1. The van der Waals surface area contributed by atoms with E-state index in [1.807, 2.05) is 54.1 Å². The average molecular weight is 303 g/mol. The summed E-state index contributed by atoms with van der Waals surface area (Å²) >= 11 is 0. The molecule has 1 aromatic heterocycles. The number of pyridine rings is 1. The minimum absolute atomic E-state index is 0.186. The molecule has 2 aromatic carbocycles. The molecular weight excluding hydrogens is 286 g/mol. The Morgan fingerprint density at radius 2 is 1.78 bits per heavy atom. The molecule has 4 nitrogen and oxygen atoms in total. The lowest BCUT2D eigenvalue weighted by molar-refractivity contribution is 0.700. The Morgan fingerprint density at radius 3 is 2.52 bits per heavy atom. The van der Waals surface area contributed by atoms with Gasteiger partial charge in [0.05, 0.1) is 5.52 Å². The Labute approximate surface area is 134 Å². The number of anilines is 1. The molecule has 0 N–H and O–H groups in total. The predicted octanol–water partition coefficient (Wildman–Crippen LogP) is 3.01. The lowest BCUT2D eigenvalue weighted by Crippen LogP contribution is -2.24. The van der Waals surface area contributed by atoms with Crippen molar-refractivity contribution >= 4 is 16.6 Å². The van der Waals surface area contributed by atoms with Crippen LogP contribution in [-0.4, -0.2) is 18.2 Å². The van der Waals surface area contributed by atoms with Crippen molar-refractivity contribution in [3.63, 3.8) is 0 Å².